The molecule has 0 bridgehead atoms. The molecule has 1 amide bonds. The summed E-state index contributed by atoms with van der Waals surface area (Å²) >= 11 is 3.43. The average molecular weight is 427 g/mol. The number of methoxy groups -OCH3 is 1. The van der Waals surface area contributed by atoms with E-state index in [1.807, 2.05) is 36.4 Å². The van der Waals surface area contributed by atoms with Crippen LogP contribution in [0.5, 0.6) is 0 Å². The highest BCUT2D eigenvalue weighted by atomic mass is 79.9. The summed E-state index contributed by atoms with van der Waals surface area (Å²) in [5, 5.41) is 7.90. The first-order chi connectivity index (χ1) is 13.2. The number of para-hydroxylation sites is 1. The van der Waals surface area contributed by atoms with Crippen molar-refractivity contribution in [2.45, 2.75) is 6.61 Å². The van der Waals surface area contributed by atoms with Crippen molar-refractivity contribution in [1.82, 2.24) is 14.8 Å². The molecule has 0 saturated heterocycles. The van der Waals surface area contributed by atoms with Gasteiger partial charge in [0.2, 0.25) is 0 Å². The summed E-state index contributed by atoms with van der Waals surface area (Å²) in [7, 11) is 1.58. The number of carbonyl (C=O) groups is 1. The number of benzene rings is 2. The van der Waals surface area contributed by atoms with Gasteiger partial charge in [-0.2, -0.15) is 5.10 Å². The lowest BCUT2D eigenvalue weighted by molar-refractivity contribution is 0.0992. The number of aromatic nitrogens is 3. The van der Waals surface area contributed by atoms with Crippen LogP contribution in [-0.2, 0) is 11.3 Å². The molecule has 0 fully saturated rings. The SMILES string of the molecule is COCc1c(C(=O)Nc2cc(Br)ccc2-n2cncn2)oc2ccccc12. The van der Waals surface area contributed by atoms with Crippen molar-refractivity contribution in [3.8, 4) is 5.69 Å². The number of carbonyl (C=O) groups excluding carboxylic acids is 1. The van der Waals surface area contributed by atoms with E-state index in [2.05, 4.69) is 31.3 Å². The monoisotopic (exact) mass is 426 g/mol. The van der Waals surface area contributed by atoms with Crippen molar-refractivity contribution >= 4 is 38.5 Å². The Labute approximate surface area is 163 Å². The van der Waals surface area contributed by atoms with Crippen LogP contribution in [0.25, 0.3) is 16.7 Å². The van der Waals surface area contributed by atoms with Gasteiger partial charge in [-0.05, 0) is 24.3 Å². The van der Waals surface area contributed by atoms with Crippen molar-refractivity contribution in [3.05, 3.63) is 70.9 Å². The van der Waals surface area contributed by atoms with Gasteiger partial charge in [-0.1, -0.05) is 34.1 Å². The maximum Gasteiger partial charge on any atom is 0.291 e. The molecule has 4 aromatic rings. The van der Waals surface area contributed by atoms with Crippen LogP contribution < -0.4 is 5.32 Å². The molecule has 0 saturated carbocycles. The molecule has 4 rings (SSSR count). The Morgan fingerprint density at radius 3 is 2.93 bits per heavy atom. The highest BCUT2D eigenvalue weighted by Crippen LogP contribution is 2.29. The standard InChI is InChI=1S/C19H15BrN4O3/c1-26-9-14-13-4-2-3-5-17(13)27-18(14)19(25)23-15-8-12(20)6-7-16(15)24-11-21-10-22-24/h2-8,10-11H,9H2,1H3,(H,23,25). The molecule has 2 aromatic heterocycles. The van der Waals surface area contributed by atoms with E-state index in [0.29, 0.717) is 22.5 Å². The molecule has 0 aliphatic rings. The maximum absolute atomic E-state index is 13.0. The number of furan rings is 1. The Kier molecular flexibility index (Phi) is 4.74. The van der Waals surface area contributed by atoms with Crippen LogP contribution in [-0.4, -0.2) is 27.8 Å². The molecule has 0 aliphatic carbocycles. The Morgan fingerprint density at radius 1 is 1.30 bits per heavy atom. The molecule has 2 heterocycles. The molecular weight excluding hydrogens is 412 g/mol. The second-order valence-corrected chi connectivity index (χ2v) is 6.71. The fourth-order valence-electron chi connectivity index (χ4n) is 2.89. The van der Waals surface area contributed by atoms with Gasteiger partial charge in [-0.3, -0.25) is 4.79 Å². The first-order valence-corrected chi connectivity index (χ1v) is 8.92. The molecule has 7 nitrogen and oxygen atoms in total. The fourth-order valence-corrected chi connectivity index (χ4v) is 3.25. The number of hydrogen-bond acceptors (Lipinski definition) is 5. The summed E-state index contributed by atoms with van der Waals surface area (Å²) in [6, 6.07) is 13.0. The molecule has 8 heteroatoms. The van der Waals surface area contributed by atoms with Crippen molar-refractivity contribution in [2.24, 2.45) is 0 Å². The molecule has 2 aromatic carbocycles. The zero-order valence-electron chi connectivity index (χ0n) is 14.3. The van der Waals surface area contributed by atoms with E-state index >= 15 is 0 Å². The van der Waals surface area contributed by atoms with Crippen molar-refractivity contribution in [3.63, 3.8) is 0 Å². The van der Waals surface area contributed by atoms with Gasteiger partial charge in [-0.15, -0.1) is 0 Å². The van der Waals surface area contributed by atoms with E-state index in [-0.39, 0.29) is 18.3 Å². The number of amides is 1. The summed E-state index contributed by atoms with van der Waals surface area (Å²) < 4.78 is 13.5. The Morgan fingerprint density at radius 2 is 2.15 bits per heavy atom. The van der Waals surface area contributed by atoms with Crippen molar-refractivity contribution in [2.75, 3.05) is 12.4 Å². The van der Waals surface area contributed by atoms with Crippen LogP contribution in [0.15, 0.2) is 64.0 Å². The molecule has 0 aliphatic heterocycles. The second-order valence-electron chi connectivity index (χ2n) is 5.79. The van der Waals surface area contributed by atoms with E-state index in [9.17, 15) is 4.79 Å². The average Bonchev–Trinajstić information content (AvgIpc) is 3.31. The van der Waals surface area contributed by atoms with Crippen LogP contribution in [0.1, 0.15) is 16.1 Å². The molecule has 0 unspecified atom stereocenters. The number of nitrogens with zero attached hydrogens (tertiary/aromatic N) is 3. The third-order valence-corrected chi connectivity index (χ3v) is 4.56. The first kappa shape index (κ1) is 17.4. The number of nitrogens with one attached hydrogen (secondary N) is 1. The summed E-state index contributed by atoms with van der Waals surface area (Å²) in [4.78, 5) is 17.0. The van der Waals surface area contributed by atoms with Crippen molar-refractivity contribution in [1.29, 1.82) is 0 Å². The van der Waals surface area contributed by atoms with E-state index in [1.54, 1.807) is 24.2 Å². The van der Waals surface area contributed by atoms with Gasteiger partial charge in [-0.25, -0.2) is 9.67 Å². The van der Waals surface area contributed by atoms with E-state index in [1.165, 1.54) is 6.33 Å². The molecule has 0 spiro atoms. The zero-order chi connectivity index (χ0) is 18.8. The predicted octanol–water partition coefficient (Wildman–Crippen LogP) is 4.17. The third-order valence-electron chi connectivity index (χ3n) is 4.07. The van der Waals surface area contributed by atoms with E-state index in [0.717, 1.165) is 9.86 Å². The topological polar surface area (TPSA) is 82.2 Å². The Hall–Kier alpha value is -2.97. The minimum atomic E-state index is -0.363. The van der Waals surface area contributed by atoms with Gasteiger partial charge in [0.05, 0.1) is 18.0 Å². The Balaban J connectivity index is 1.74. The maximum atomic E-state index is 13.0. The van der Waals surface area contributed by atoms with Crippen LogP contribution in [0.2, 0.25) is 0 Å². The number of anilines is 1. The molecule has 27 heavy (non-hydrogen) atoms. The molecule has 1 N–H and O–H groups in total. The van der Waals surface area contributed by atoms with Crippen LogP contribution in [0.3, 0.4) is 0 Å². The minimum Gasteiger partial charge on any atom is -0.451 e. The first-order valence-electron chi connectivity index (χ1n) is 8.12. The van der Waals surface area contributed by atoms with Crippen LogP contribution in [0, 0.1) is 0 Å². The smallest absolute Gasteiger partial charge is 0.291 e. The fraction of sp³-hybridized carbons (Fsp3) is 0.105. The second kappa shape index (κ2) is 7.34. The highest BCUT2D eigenvalue weighted by molar-refractivity contribution is 9.10. The summed E-state index contributed by atoms with van der Waals surface area (Å²) in [5.41, 5.74) is 2.61. The highest BCUT2D eigenvalue weighted by Gasteiger charge is 2.21. The molecular formula is C19H15BrN4O3. The predicted molar refractivity (Wildman–Crippen MR) is 104 cm³/mol. The number of hydrogen-bond donors (Lipinski definition) is 1. The van der Waals surface area contributed by atoms with Crippen LogP contribution >= 0.6 is 15.9 Å². The van der Waals surface area contributed by atoms with Gasteiger partial charge in [0.15, 0.2) is 5.76 Å². The normalized spacial score (nSPS) is 11.0. The zero-order valence-corrected chi connectivity index (χ0v) is 15.9. The van der Waals surface area contributed by atoms with Gasteiger partial charge in [0.25, 0.3) is 5.91 Å². The molecule has 0 atom stereocenters. The lowest BCUT2D eigenvalue weighted by atomic mass is 10.1. The summed E-state index contributed by atoms with van der Waals surface area (Å²) in [6.07, 6.45) is 3.00. The van der Waals surface area contributed by atoms with Gasteiger partial charge < -0.3 is 14.5 Å². The molecule has 136 valence electrons. The quantitative estimate of drug-likeness (QED) is 0.517. The van der Waals surface area contributed by atoms with E-state index in [4.69, 9.17) is 9.15 Å². The van der Waals surface area contributed by atoms with Gasteiger partial charge in [0, 0.05) is 22.5 Å². The van der Waals surface area contributed by atoms with Crippen LogP contribution in [0.4, 0.5) is 5.69 Å². The van der Waals surface area contributed by atoms with E-state index < -0.39 is 0 Å². The number of fused-ring (bicyclic) bond motifs is 1. The number of ether oxygens (including phenoxy) is 1. The summed E-state index contributed by atoms with van der Waals surface area (Å²) in [5.74, 6) is -0.139. The minimum absolute atomic E-state index is 0.225. The molecule has 0 radical (unpaired) electrons. The number of rotatable bonds is 5. The Bertz CT molecular complexity index is 1110. The number of halogens is 1. The summed E-state index contributed by atoms with van der Waals surface area (Å²) in [6.45, 7) is 0.272. The largest absolute Gasteiger partial charge is 0.451 e. The van der Waals surface area contributed by atoms with Gasteiger partial charge in [0.1, 0.15) is 18.2 Å². The third kappa shape index (κ3) is 3.36. The van der Waals surface area contributed by atoms with Crippen molar-refractivity contribution < 1.29 is 13.9 Å². The van der Waals surface area contributed by atoms with Gasteiger partial charge >= 0.3 is 0 Å². The lowest BCUT2D eigenvalue weighted by Gasteiger charge is -2.11. The lowest BCUT2D eigenvalue weighted by Crippen LogP contribution is -2.15.